The molecule has 1 aromatic rings. The van der Waals surface area contributed by atoms with Gasteiger partial charge in [-0.05, 0) is 56.5 Å². The molecule has 0 aromatic heterocycles. The summed E-state index contributed by atoms with van der Waals surface area (Å²) < 4.78 is 14.5. The Morgan fingerprint density at radius 1 is 1.19 bits per heavy atom. The molecule has 1 aliphatic rings. The molecule has 1 aliphatic heterocycles. The SMILES string of the molecule is Cc1ccc(CC2(F)CCNCC2)cc1C. The number of nitrogens with one attached hydrogen (secondary N) is 1. The molecule has 2 heteroatoms. The lowest BCUT2D eigenvalue weighted by Gasteiger charge is -2.30. The standard InChI is InChI=1S/C14H20FN/c1-11-3-4-13(9-12(11)2)10-14(15)5-7-16-8-6-14/h3-4,9,16H,5-8,10H2,1-2H3. The molecule has 1 N–H and O–H groups in total. The van der Waals surface area contributed by atoms with Crippen molar-refractivity contribution in [2.75, 3.05) is 13.1 Å². The van der Waals surface area contributed by atoms with Gasteiger partial charge in [0.15, 0.2) is 0 Å². The van der Waals surface area contributed by atoms with E-state index in [0.29, 0.717) is 19.3 Å². The maximum absolute atomic E-state index is 14.5. The van der Waals surface area contributed by atoms with E-state index in [9.17, 15) is 4.39 Å². The number of halogens is 1. The maximum Gasteiger partial charge on any atom is 0.117 e. The van der Waals surface area contributed by atoms with E-state index in [1.54, 1.807) is 0 Å². The van der Waals surface area contributed by atoms with Crippen LogP contribution in [-0.2, 0) is 6.42 Å². The summed E-state index contributed by atoms with van der Waals surface area (Å²) in [5.41, 5.74) is 2.68. The first-order valence-electron chi connectivity index (χ1n) is 6.05. The molecular formula is C14H20FN. The van der Waals surface area contributed by atoms with Crippen molar-refractivity contribution in [1.82, 2.24) is 5.32 Å². The lowest BCUT2D eigenvalue weighted by atomic mass is 9.87. The topological polar surface area (TPSA) is 12.0 Å². The fourth-order valence-electron chi connectivity index (χ4n) is 2.33. The van der Waals surface area contributed by atoms with Crippen molar-refractivity contribution >= 4 is 0 Å². The van der Waals surface area contributed by atoms with Crippen LogP contribution in [0.3, 0.4) is 0 Å². The number of piperidine rings is 1. The third-order valence-corrected chi connectivity index (χ3v) is 3.59. The molecule has 0 radical (unpaired) electrons. The second kappa shape index (κ2) is 4.54. The average molecular weight is 221 g/mol. The fourth-order valence-corrected chi connectivity index (χ4v) is 2.33. The van der Waals surface area contributed by atoms with Gasteiger partial charge in [0.1, 0.15) is 5.67 Å². The molecule has 1 nitrogen and oxygen atoms in total. The number of benzene rings is 1. The predicted molar refractivity (Wildman–Crippen MR) is 65.6 cm³/mol. The van der Waals surface area contributed by atoms with Crippen molar-refractivity contribution in [3.05, 3.63) is 34.9 Å². The van der Waals surface area contributed by atoms with Crippen molar-refractivity contribution < 1.29 is 4.39 Å². The van der Waals surface area contributed by atoms with Crippen LogP contribution in [0.2, 0.25) is 0 Å². The fraction of sp³-hybridized carbons (Fsp3) is 0.571. The summed E-state index contributed by atoms with van der Waals surface area (Å²) in [6, 6.07) is 6.28. The largest absolute Gasteiger partial charge is 0.316 e. The van der Waals surface area contributed by atoms with Crippen molar-refractivity contribution in [2.24, 2.45) is 0 Å². The summed E-state index contributed by atoms with van der Waals surface area (Å²) in [6.07, 6.45) is 1.84. The van der Waals surface area contributed by atoms with Crippen LogP contribution in [0.15, 0.2) is 18.2 Å². The van der Waals surface area contributed by atoms with Gasteiger partial charge in [0, 0.05) is 6.42 Å². The van der Waals surface area contributed by atoms with Gasteiger partial charge in [0.25, 0.3) is 0 Å². The van der Waals surface area contributed by atoms with Gasteiger partial charge in [-0.1, -0.05) is 18.2 Å². The van der Waals surface area contributed by atoms with Crippen LogP contribution in [0.25, 0.3) is 0 Å². The molecule has 0 aliphatic carbocycles. The van der Waals surface area contributed by atoms with E-state index in [2.05, 4.69) is 37.4 Å². The first-order valence-corrected chi connectivity index (χ1v) is 6.05. The monoisotopic (exact) mass is 221 g/mol. The summed E-state index contributed by atoms with van der Waals surface area (Å²) >= 11 is 0. The van der Waals surface area contributed by atoms with E-state index in [-0.39, 0.29) is 0 Å². The van der Waals surface area contributed by atoms with Crippen molar-refractivity contribution in [3.63, 3.8) is 0 Å². The minimum absolute atomic E-state index is 0.565. The van der Waals surface area contributed by atoms with E-state index in [0.717, 1.165) is 18.7 Å². The Morgan fingerprint density at radius 2 is 1.88 bits per heavy atom. The Labute approximate surface area is 97.1 Å². The summed E-state index contributed by atoms with van der Waals surface area (Å²) in [6.45, 7) is 5.80. The minimum atomic E-state index is -0.993. The van der Waals surface area contributed by atoms with Crippen LogP contribution in [0, 0.1) is 13.8 Å². The number of rotatable bonds is 2. The Hall–Kier alpha value is -0.890. The third-order valence-electron chi connectivity index (χ3n) is 3.59. The van der Waals surface area contributed by atoms with Crippen molar-refractivity contribution in [3.8, 4) is 0 Å². The van der Waals surface area contributed by atoms with Gasteiger partial charge in [-0.2, -0.15) is 0 Å². The molecule has 88 valence electrons. The van der Waals surface area contributed by atoms with Gasteiger partial charge in [0.05, 0.1) is 0 Å². The number of hydrogen-bond donors (Lipinski definition) is 1. The van der Waals surface area contributed by atoms with Crippen LogP contribution in [0.4, 0.5) is 4.39 Å². The molecule has 1 aromatic carbocycles. The maximum atomic E-state index is 14.5. The zero-order valence-electron chi connectivity index (χ0n) is 10.1. The van der Waals surface area contributed by atoms with Crippen LogP contribution in [0.1, 0.15) is 29.5 Å². The van der Waals surface area contributed by atoms with Gasteiger partial charge in [0.2, 0.25) is 0 Å². The Morgan fingerprint density at radius 3 is 2.50 bits per heavy atom. The molecule has 0 atom stereocenters. The van der Waals surface area contributed by atoms with Gasteiger partial charge in [-0.3, -0.25) is 0 Å². The molecule has 0 saturated carbocycles. The first kappa shape index (κ1) is 11.6. The second-order valence-corrected chi connectivity index (χ2v) is 5.00. The molecule has 1 fully saturated rings. The normalized spacial score (nSPS) is 19.7. The molecule has 16 heavy (non-hydrogen) atoms. The highest BCUT2D eigenvalue weighted by atomic mass is 19.1. The second-order valence-electron chi connectivity index (χ2n) is 5.00. The van der Waals surface area contributed by atoms with E-state index in [4.69, 9.17) is 0 Å². The molecule has 0 spiro atoms. The van der Waals surface area contributed by atoms with Crippen LogP contribution in [-0.4, -0.2) is 18.8 Å². The smallest absolute Gasteiger partial charge is 0.117 e. The quantitative estimate of drug-likeness (QED) is 0.809. The summed E-state index contributed by atoms with van der Waals surface area (Å²) in [5, 5.41) is 3.21. The number of aryl methyl sites for hydroxylation is 2. The van der Waals surface area contributed by atoms with Gasteiger partial charge in [-0.15, -0.1) is 0 Å². The Balaban J connectivity index is 2.10. The van der Waals surface area contributed by atoms with Crippen LogP contribution in [0.5, 0.6) is 0 Å². The highest BCUT2D eigenvalue weighted by Crippen LogP contribution is 2.28. The first-order chi connectivity index (χ1) is 7.59. The summed E-state index contributed by atoms with van der Waals surface area (Å²) in [7, 11) is 0. The third kappa shape index (κ3) is 2.62. The Bertz CT molecular complexity index is 367. The Kier molecular flexibility index (Phi) is 3.29. The summed E-state index contributed by atoms with van der Waals surface area (Å²) in [4.78, 5) is 0. The van der Waals surface area contributed by atoms with Crippen LogP contribution >= 0.6 is 0 Å². The molecule has 1 heterocycles. The average Bonchev–Trinajstić information content (AvgIpc) is 2.24. The molecule has 0 amide bonds. The van der Waals surface area contributed by atoms with E-state index in [1.807, 2.05) is 0 Å². The molecular weight excluding hydrogens is 201 g/mol. The zero-order chi connectivity index (χ0) is 11.6. The lowest BCUT2D eigenvalue weighted by Crippen LogP contribution is -2.40. The minimum Gasteiger partial charge on any atom is -0.316 e. The van der Waals surface area contributed by atoms with Gasteiger partial charge in [-0.25, -0.2) is 4.39 Å². The number of alkyl halides is 1. The van der Waals surface area contributed by atoms with Crippen molar-refractivity contribution in [2.45, 2.75) is 38.8 Å². The highest BCUT2D eigenvalue weighted by molar-refractivity contribution is 5.30. The van der Waals surface area contributed by atoms with E-state index < -0.39 is 5.67 Å². The highest BCUT2D eigenvalue weighted by Gasteiger charge is 2.31. The van der Waals surface area contributed by atoms with Crippen molar-refractivity contribution in [1.29, 1.82) is 0 Å². The molecule has 1 saturated heterocycles. The zero-order valence-corrected chi connectivity index (χ0v) is 10.1. The summed E-state index contributed by atoms with van der Waals surface area (Å²) in [5.74, 6) is 0. The van der Waals surface area contributed by atoms with Crippen LogP contribution < -0.4 is 5.32 Å². The molecule has 0 unspecified atom stereocenters. The van der Waals surface area contributed by atoms with E-state index >= 15 is 0 Å². The molecule has 0 bridgehead atoms. The van der Waals surface area contributed by atoms with E-state index in [1.165, 1.54) is 11.1 Å². The van der Waals surface area contributed by atoms with Gasteiger partial charge < -0.3 is 5.32 Å². The van der Waals surface area contributed by atoms with Gasteiger partial charge >= 0.3 is 0 Å². The number of hydrogen-bond acceptors (Lipinski definition) is 1. The lowest BCUT2D eigenvalue weighted by molar-refractivity contribution is 0.116. The molecule has 2 rings (SSSR count). The predicted octanol–water partition coefficient (Wildman–Crippen LogP) is 2.94.